The molecular weight excluding hydrogens is 699 g/mol. The van der Waals surface area contributed by atoms with E-state index in [4.69, 9.17) is 14.2 Å². The first-order chi connectivity index (χ1) is 26.1. The Morgan fingerprint density at radius 1 is 0.981 bits per heavy atom. The fourth-order valence-corrected chi connectivity index (χ4v) is 13.0. The van der Waals surface area contributed by atoms with Crippen molar-refractivity contribution >= 4 is 36.6 Å². The van der Waals surface area contributed by atoms with Gasteiger partial charge in [0.05, 0.1) is 46.3 Å². The maximum Gasteiger partial charge on any atom is 0.414 e. The molecule has 1 aromatic heterocycles. The number of hydrogen-bond acceptors (Lipinski definition) is 8. The molecular formula is C42H45N5O6Si. The SMILES string of the molecule is COc1ccc([Si](C)(C)[C@H]2[C@H](CCn3cc([C@H](O)c4ccccc4)nn3)O[C@@]3(C(=O)N(Cc4cccc(N5CCOC5=O)c4)c4ccccc43)[C@@H]2C)cc1. The molecule has 3 aliphatic heterocycles. The number of amides is 2. The van der Waals surface area contributed by atoms with Gasteiger partial charge in [-0.05, 0) is 53.4 Å². The molecule has 0 radical (unpaired) electrons. The molecule has 2 saturated heterocycles. The smallest absolute Gasteiger partial charge is 0.414 e. The topological polar surface area (TPSA) is 119 Å². The van der Waals surface area contributed by atoms with Gasteiger partial charge in [0, 0.05) is 23.7 Å². The summed E-state index contributed by atoms with van der Waals surface area (Å²) in [6, 6.07) is 33.5. The zero-order chi connectivity index (χ0) is 37.6. The Bertz CT molecular complexity index is 2160. The largest absolute Gasteiger partial charge is 0.497 e. The molecule has 2 amide bonds. The number of rotatable bonds is 11. The van der Waals surface area contributed by atoms with E-state index in [2.05, 4.69) is 42.5 Å². The molecule has 0 saturated carbocycles. The third-order valence-corrected chi connectivity index (χ3v) is 16.0. The third-order valence-electron chi connectivity index (χ3n) is 11.7. The number of carbonyl (C=O) groups is 2. The van der Waals surface area contributed by atoms with Crippen LogP contribution >= 0.6 is 0 Å². The van der Waals surface area contributed by atoms with Crippen LogP contribution in [0.3, 0.4) is 0 Å². The summed E-state index contributed by atoms with van der Waals surface area (Å²) >= 11 is 0. The first-order valence-electron chi connectivity index (χ1n) is 18.5. The Morgan fingerprint density at radius 3 is 2.48 bits per heavy atom. The van der Waals surface area contributed by atoms with Crippen molar-refractivity contribution in [1.29, 1.82) is 0 Å². The molecule has 11 nitrogen and oxygen atoms in total. The lowest BCUT2D eigenvalue weighted by atomic mass is 9.82. The Morgan fingerprint density at radius 2 is 1.74 bits per heavy atom. The molecule has 5 aromatic rings. The third kappa shape index (κ3) is 6.07. The molecule has 4 aromatic carbocycles. The number of methoxy groups -OCH3 is 1. The first kappa shape index (κ1) is 35.7. The maximum atomic E-state index is 15.2. The van der Waals surface area contributed by atoms with Crippen molar-refractivity contribution in [3.8, 4) is 5.75 Å². The van der Waals surface area contributed by atoms with Crippen LogP contribution in [0.5, 0.6) is 5.75 Å². The van der Waals surface area contributed by atoms with E-state index in [9.17, 15) is 9.90 Å². The van der Waals surface area contributed by atoms with Gasteiger partial charge in [-0.25, -0.2) is 4.79 Å². The van der Waals surface area contributed by atoms with E-state index in [-0.39, 0.29) is 29.6 Å². The number of aromatic nitrogens is 3. The minimum absolute atomic E-state index is 0.0465. The van der Waals surface area contributed by atoms with E-state index >= 15 is 4.79 Å². The lowest BCUT2D eigenvalue weighted by Gasteiger charge is -2.37. The quantitative estimate of drug-likeness (QED) is 0.160. The molecule has 2 fully saturated rings. The van der Waals surface area contributed by atoms with Crippen molar-refractivity contribution in [3.63, 3.8) is 0 Å². The highest BCUT2D eigenvalue weighted by atomic mass is 28.3. The van der Waals surface area contributed by atoms with Gasteiger partial charge in [-0.15, -0.1) is 5.10 Å². The van der Waals surface area contributed by atoms with Gasteiger partial charge >= 0.3 is 6.09 Å². The van der Waals surface area contributed by atoms with Crippen molar-refractivity contribution < 1.29 is 28.9 Å². The van der Waals surface area contributed by atoms with Gasteiger partial charge < -0.3 is 24.2 Å². The second kappa shape index (κ2) is 14.2. The van der Waals surface area contributed by atoms with Gasteiger partial charge in [0.25, 0.3) is 5.91 Å². The number of nitrogens with zero attached hydrogens (tertiary/aromatic N) is 5. The van der Waals surface area contributed by atoms with Gasteiger partial charge in [-0.1, -0.05) is 103 Å². The van der Waals surface area contributed by atoms with Crippen LogP contribution in [-0.2, 0) is 33.0 Å². The molecule has 0 bridgehead atoms. The van der Waals surface area contributed by atoms with Crippen LogP contribution in [0.25, 0.3) is 0 Å². The average molecular weight is 744 g/mol. The number of carbonyl (C=O) groups excluding carboxylic acids is 2. The summed E-state index contributed by atoms with van der Waals surface area (Å²) < 4.78 is 19.7. The van der Waals surface area contributed by atoms with Crippen molar-refractivity contribution in [2.45, 2.75) is 62.9 Å². The van der Waals surface area contributed by atoms with Crippen LogP contribution < -0.4 is 19.7 Å². The summed E-state index contributed by atoms with van der Waals surface area (Å²) in [4.78, 5) is 31.0. The number of hydrogen-bond donors (Lipinski definition) is 1. The summed E-state index contributed by atoms with van der Waals surface area (Å²) in [5.41, 5.74) is 3.43. The highest BCUT2D eigenvalue weighted by Gasteiger charge is 2.66. The van der Waals surface area contributed by atoms with Gasteiger partial charge in [-0.3, -0.25) is 14.4 Å². The van der Waals surface area contributed by atoms with E-state index in [1.54, 1.807) is 22.9 Å². The second-order valence-corrected chi connectivity index (χ2v) is 19.7. The van der Waals surface area contributed by atoms with Gasteiger partial charge in [0.15, 0.2) is 5.60 Å². The summed E-state index contributed by atoms with van der Waals surface area (Å²) in [5, 5.41) is 21.0. The molecule has 1 N–H and O–H groups in total. The highest BCUT2D eigenvalue weighted by molar-refractivity contribution is 6.91. The van der Waals surface area contributed by atoms with Crippen LogP contribution in [-0.4, -0.2) is 66.5 Å². The predicted octanol–water partition coefficient (Wildman–Crippen LogP) is 6.18. The second-order valence-electron chi connectivity index (χ2n) is 15.0. The lowest BCUT2D eigenvalue weighted by molar-refractivity contribution is -0.146. The minimum atomic E-state index is -2.36. The molecule has 4 heterocycles. The molecule has 5 atom stereocenters. The number of para-hydroxylation sites is 1. The number of ether oxygens (including phenoxy) is 3. The van der Waals surface area contributed by atoms with Crippen molar-refractivity contribution in [3.05, 3.63) is 132 Å². The van der Waals surface area contributed by atoms with Crippen molar-refractivity contribution in [2.24, 2.45) is 5.92 Å². The van der Waals surface area contributed by atoms with E-state index in [0.29, 0.717) is 38.4 Å². The molecule has 8 rings (SSSR count). The molecule has 3 aliphatic rings. The molecule has 54 heavy (non-hydrogen) atoms. The molecule has 0 aliphatic carbocycles. The molecule has 12 heteroatoms. The Hall–Kier alpha value is -5.30. The van der Waals surface area contributed by atoms with Gasteiger partial charge in [0.1, 0.15) is 24.2 Å². The van der Waals surface area contributed by atoms with Crippen molar-refractivity contribution in [2.75, 3.05) is 30.1 Å². The molecule has 0 unspecified atom stereocenters. The van der Waals surface area contributed by atoms with E-state index in [1.807, 2.05) is 95.9 Å². The van der Waals surface area contributed by atoms with Crippen LogP contribution in [0.2, 0.25) is 18.6 Å². The molecule has 278 valence electrons. The average Bonchev–Trinajstić information content (AvgIpc) is 3.97. The Balaban J connectivity index is 1.13. The van der Waals surface area contributed by atoms with Crippen LogP contribution in [0, 0.1) is 5.92 Å². The number of anilines is 2. The van der Waals surface area contributed by atoms with Gasteiger partial charge in [0.2, 0.25) is 0 Å². The van der Waals surface area contributed by atoms with Crippen LogP contribution in [0.4, 0.5) is 16.2 Å². The van der Waals surface area contributed by atoms with E-state index < -0.39 is 19.8 Å². The zero-order valence-electron chi connectivity index (χ0n) is 31.0. The zero-order valence-corrected chi connectivity index (χ0v) is 32.0. The summed E-state index contributed by atoms with van der Waals surface area (Å²) in [7, 11) is -0.688. The van der Waals surface area contributed by atoms with E-state index in [0.717, 1.165) is 33.8 Å². The van der Waals surface area contributed by atoms with Crippen molar-refractivity contribution in [1.82, 2.24) is 15.0 Å². The number of cyclic esters (lactones) is 1. The number of fused-ring (bicyclic) bond motifs is 2. The normalized spacial score (nSPS) is 22.9. The minimum Gasteiger partial charge on any atom is -0.497 e. The number of aliphatic hydroxyl groups excluding tert-OH is 1. The standard InChI is InChI=1S/C42H45N5O6Si/c1-28-39(54(3,4)33-19-17-32(51-2)18-20-33)37(21-22-45-27-35(43-44-45)38(48)30-12-6-5-7-13-30)53-42(28)34-15-8-9-16-36(34)47(40(42)49)26-29-11-10-14-31(25-29)46-23-24-52-41(46)50/h5-20,25,27-28,37-39,48H,21-24,26H2,1-4H3/t28-,37+,38-,39-,42+/m1/s1. The predicted molar refractivity (Wildman–Crippen MR) is 207 cm³/mol. The van der Waals surface area contributed by atoms with Gasteiger partial charge in [-0.2, -0.15) is 0 Å². The number of aryl methyl sites for hydroxylation is 1. The number of benzene rings is 4. The maximum absolute atomic E-state index is 15.2. The van der Waals surface area contributed by atoms with Crippen LogP contribution in [0.15, 0.2) is 109 Å². The Kier molecular flexibility index (Phi) is 9.37. The molecule has 1 spiro atoms. The van der Waals surface area contributed by atoms with Crippen LogP contribution in [0.1, 0.15) is 41.8 Å². The summed E-state index contributed by atoms with van der Waals surface area (Å²) in [6.07, 6.45) is 0.857. The highest BCUT2D eigenvalue weighted by Crippen LogP contribution is 2.60. The number of aliphatic hydroxyl groups is 1. The lowest BCUT2D eigenvalue weighted by Crippen LogP contribution is -2.51. The monoisotopic (exact) mass is 743 g/mol. The first-order valence-corrected chi connectivity index (χ1v) is 21.6. The summed E-state index contributed by atoms with van der Waals surface area (Å²) in [6.45, 7) is 8.58. The summed E-state index contributed by atoms with van der Waals surface area (Å²) in [5.74, 6) is 0.554. The van der Waals surface area contributed by atoms with E-state index in [1.165, 1.54) is 5.19 Å². The Labute approximate surface area is 316 Å². The fourth-order valence-electron chi connectivity index (χ4n) is 8.94. The fraction of sp³-hybridized carbons (Fsp3) is 0.333.